The summed E-state index contributed by atoms with van der Waals surface area (Å²) in [7, 11) is 0. The summed E-state index contributed by atoms with van der Waals surface area (Å²) in [4.78, 5) is 11.9. The summed E-state index contributed by atoms with van der Waals surface area (Å²) in [5.74, 6) is -1.91. The minimum atomic E-state index is -0.814. The highest BCUT2D eigenvalue weighted by atomic mass is 19.1. The Morgan fingerprint density at radius 2 is 2.05 bits per heavy atom. The van der Waals surface area contributed by atoms with Crippen LogP contribution in [0, 0.1) is 23.0 Å². The molecule has 0 aliphatic heterocycles. The Hall–Kier alpha value is -2.94. The lowest BCUT2D eigenvalue weighted by molar-refractivity contribution is 0.102. The number of carbonyl (C=O) groups excluding carboxylic acids is 1. The minimum absolute atomic E-state index is 0.129. The van der Waals surface area contributed by atoms with Gasteiger partial charge < -0.3 is 10.1 Å². The second-order valence-corrected chi connectivity index (χ2v) is 4.05. The quantitative estimate of drug-likeness (QED) is 0.940. The summed E-state index contributed by atoms with van der Waals surface area (Å²) in [5.41, 5.74) is -0.0440. The van der Waals surface area contributed by atoms with Crippen molar-refractivity contribution in [1.82, 2.24) is 0 Å². The Bertz CT molecular complexity index is 711. The van der Waals surface area contributed by atoms with Gasteiger partial charge in [-0.15, -0.1) is 0 Å². The third-order valence-corrected chi connectivity index (χ3v) is 2.57. The van der Waals surface area contributed by atoms with E-state index in [0.29, 0.717) is 11.4 Å². The summed E-state index contributed by atoms with van der Waals surface area (Å²) in [6.45, 7) is -0.129. The molecule has 0 aromatic heterocycles. The Morgan fingerprint density at radius 1 is 1.24 bits per heavy atom. The van der Waals surface area contributed by atoms with Crippen LogP contribution in [-0.4, -0.2) is 12.5 Å². The van der Waals surface area contributed by atoms with Crippen molar-refractivity contribution in [3.63, 3.8) is 0 Å². The highest BCUT2D eigenvalue weighted by Gasteiger charge is 2.13. The molecule has 0 aliphatic rings. The van der Waals surface area contributed by atoms with E-state index < -0.39 is 23.1 Å². The molecule has 2 aromatic rings. The van der Waals surface area contributed by atoms with Gasteiger partial charge in [-0.2, -0.15) is 5.26 Å². The molecule has 0 heterocycles. The van der Waals surface area contributed by atoms with Crippen molar-refractivity contribution in [3.05, 3.63) is 59.7 Å². The number of hydrogen-bond donors (Lipinski definition) is 1. The molecule has 0 bridgehead atoms. The van der Waals surface area contributed by atoms with Crippen molar-refractivity contribution in [3.8, 4) is 11.8 Å². The van der Waals surface area contributed by atoms with Gasteiger partial charge in [0, 0.05) is 11.8 Å². The average Bonchev–Trinajstić information content (AvgIpc) is 2.48. The van der Waals surface area contributed by atoms with Crippen molar-refractivity contribution >= 4 is 11.6 Å². The molecule has 21 heavy (non-hydrogen) atoms. The standard InChI is InChI=1S/C15H10F2N2O2/c16-10-4-5-14(17)13(8-10)15(20)19-11-2-1-3-12(9-11)21-7-6-18/h1-5,8-9H,7H2,(H,19,20). The first-order chi connectivity index (χ1) is 10.1. The van der Waals surface area contributed by atoms with E-state index in [1.54, 1.807) is 18.2 Å². The molecule has 1 amide bonds. The van der Waals surface area contributed by atoms with Gasteiger partial charge in [-0.1, -0.05) is 6.07 Å². The van der Waals surface area contributed by atoms with Crippen LogP contribution in [-0.2, 0) is 0 Å². The highest BCUT2D eigenvalue weighted by Crippen LogP contribution is 2.19. The third-order valence-electron chi connectivity index (χ3n) is 2.57. The number of nitrogens with zero attached hydrogens (tertiary/aromatic N) is 1. The van der Waals surface area contributed by atoms with Crippen LogP contribution >= 0.6 is 0 Å². The summed E-state index contributed by atoms with van der Waals surface area (Å²) in [6.07, 6.45) is 0. The van der Waals surface area contributed by atoms with Gasteiger partial charge >= 0.3 is 0 Å². The van der Waals surface area contributed by atoms with Gasteiger partial charge in [0.1, 0.15) is 23.5 Å². The third kappa shape index (κ3) is 3.76. The van der Waals surface area contributed by atoms with Gasteiger partial charge in [0.15, 0.2) is 6.61 Å². The lowest BCUT2D eigenvalue weighted by Gasteiger charge is -2.08. The van der Waals surface area contributed by atoms with Gasteiger partial charge in [-0.3, -0.25) is 4.79 Å². The summed E-state index contributed by atoms with van der Waals surface area (Å²) < 4.78 is 31.6. The number of carbonyl (C=O) groups is 1. The zero-order valence-corrected chi connectivity index (χ0v) is 10.8. The van der Waals surface area contributed by atoms with E-state index in [4.69, 9.17) is 10.00 Å². The molecule has 0 aliphatic carbocycles. The SMILES string of the molecule is N#CCOc1cccc(NC(=O)c2cc(F)ccc2F)c1. The molecule has 0 saturated heterocycles. The topological polar surface area (TPSA) is 62.1 Å². The number of amides is 1. The maximum absolute atomic E-state index is 13.5. The van der Waals surface area contributed by atoms with E-state index >= 15 is 0 Å². The molecule has 0 atom stereocenters. The Balaban J connectivity index is 2.16. The number of benzene rings is 2. The van der Waals surface area contributed by atoms with Crippen molar-refractivity contribution in [2.24, 2.45) is 0 Å². The summed E-state index contributed by atoms with van der Waals surface area (Å²) in [6, 6.07) is 10.7. The van der Waals surface area contributed by atoms with Gasteiger partial charge in [0.05, 0.1) is 5.56 Å². The van der Waals surface area contributed by atoms with Crippen LogP contribution in [0.2, 0.25) is 0 Å². The molecule has 0 spiro atoms. The molecule has 0 unspecified atom stereocenters. The number of nitriles is 1. The second-order valence-electron chi connectivity index (χ2n) is 4.05. The van der Waals surface area contributed by atoms with Crippen molar-refractivity contribution in [2.75, 3.05) is 11.9 Å². The maximum Gasteiger partial charge on any atom is 0.258 e. The molecule has 2 rings (SSSR count). The fourth-order valence-corrected chi connectivity index (χ4v) is 1.65. The number of ether oxygens (including phenoxy) is 1. The lowest BCUT2D eigenvalue weighted by Crippen LogP contribution is -2.14. The first-order valence-corrected chi connectivity index (χ1v) is 5.96. The van der Waals surface area contributed by atoms with Crippen LogP contribution in [0.4, 0.5) is 14.5 Å². The van der Waals surface area contributed by atoms with Gasteiger partial charge in [0.2, 0.25) is 0 Å². The van der Waals surface area contributed by atoms with E-state index in [-0.39, 0.29) is 6.61 Å². The van der Waals surface area contributed by atoms with E-state index in [2.05, 4.69) is 5.32 Å². The largest absolute Gasteiger partial charge is 0.479 e. The summed E-state index contributed by atoms with van der Waals surface area (Å²) >= 11 is 0. The number of halogens is 2. The van der Waals surface area contributed by atoms with Crippen LogP contribution in [0.15, 0.2) is 42.5 Å². The fraction of sp³-hybridized carbons (Fsp3) is 0.0667. The van der Waals surface area contributed by atoms with Crippen LogP contribution in [0.5, 0.6) is 5.75 Å². The maximum atomic E-state index is 13.5. The van der Waals surface area contributed by atoms with Crippen LogP contribution in [0.1, 0.15) is 10.4 Å². The molecule has 106 valence electrons. The van der Waals surface area contributed by atoms with E-state index in [0.717, 1.165) is 18.2 Å². The van der Waals surface area contributed by atoms with E-state index in [1.165, 1.54) is 6.07 Å². The molecule has 6 heteroatoms. The Labute approximate surface area is 119 Å². The Morgan fingerprint density at radius 3 is 2.81 bits per heavy atom. The zero-order chi connectivity index (χ0) is 15.2. The zero-order valence-electron chi connectivity index (χ0n) is 10.8. The van der Waals surface area contributed by atoms with Crippen molar-refractivity contribution in [2.45, 2.75) is 0 Å². The normalized spacial score (nSPS) is 9.76. The van der Waals surface area contributed by atoms with Gasteiger partial charge in [-0.05, 0) is 30.3 Å². The van der Waals surface area contributed by atoms with Crippen molar-refractivity contribution in [1.29, 1.82) is 5.26 Å². The smallest absolute Gasteiger partial charge is 0.258 e. The lowest BCUT2D eigenvalue weighted by atomic mass is 10.2. The molecule has 0 saturated carbocycles. The highest BCUT2D eigenvalue weighted by molar-refractivity contribution is 6.04. The van der Waals surface area contributed by atoms with Crippen LogP contribution < -0.4 is 10.1 Å². The molecule has 1 N–H and O–H groups in total. The number of nitrogens with one attached hydrogen (secondary N) is 1. The molecule has 0 fully saturated rings. The predicted octanol–water partition coefficient (Wildman–Crippen LogP) is 3.12. The van der Waals surface area contributed by atoms with Crippen LogP contribution in [0.3, 0.4) is 0 Å². The first-order valence-electron chi connectivity index (χ1n) is 5.96. The van der Waals surface area contributed by atoms with E-state index in [1.807, 2.05) is 6.07 Å². The van der Waals surface area contributed by atoms with Crippen LogP contribution in [0.25, 0.3) is 0 Å². The minimum Gasteiger partial charge on any atom is -0.479 e. The fourth-order valence-electron chi connectivity index (χ4n) is 1.65. The van der Waals surface area contributed by atoms with Gasteiger partial charge in [0.25, 0.3) is 5.91 Å². The molecule has 0 radical (unpaired) electrons. The monoisotopic (exact) mass is 288 g/mol. The van der Waals surface area contributed by atoms with Crippen molar-refractivity contribution < 1.29 is 18.3 Å². The molecular formula is C15H10F2N2O2. The molecular weight excluding hydrogens is 278 g/mol. The predicted molar refractivity (Wildman–Crippen MR) is 71.9 cm³/mol. The number of rotatable bonds is 4. The Kier molecular flexibility index (Phi) is 4.46. The molecule has 2 aromatic carbocycles. The van der Waals surface area contributed by atoms with E-state index in [9.17, 15) is 13.6 Å². The first kappa shape index (κ1) is 14.5. The number of hydrogen-bond acceptors (Lipinski definition) is 3. The van der Waals surface area contributed by atoms with Gasteiger partial charge in [-0.25, -0.2) is 8.78 Å². The second kappa shape index (κ2) is 6.48. The molecule has 4 nitrogen and oxygen atoms in total. The number of anilines is 1. The summed E-state index contributed by atoms with van der Waals surface area (Å²) in [5, 5.41) is 10.9. The average molecular weight is 288 g/mol.